The van der Waals surface area contributed by atoms with Crippen molar-refractivity contribution in [1.29, 1.82) is 5.26 Å². The maximum Gasteiger partial charge on any atom is 0.417 e. The van der Waals surface area contributed by atoms with Gasteiger partial charge in [-0.15, -0.1) is 0 Å². The van der Waals surface area contributed by atoms with Gasteiger partial charge in [0.1, 0.15) is 0 Å². The van der Waals surface area contributed by atoms with Crippen molar-refractivity contribution >= 4 is 10.0 Å². The lowest BCUT2D eigenvalue weighted by molar-refractivity contribution is -0.137. The zero-order valence-electron chi connectivity index (χ0n) is 13.0. The van der Waals surface area contributed by atoms with E-state index >= 15 is 0 Å². The summed E-state index contributed by atoms with van der Waals surface area (Å²) in [6, 6.07) is 8.42. The van der Waals surface area contributed by atoms with Gasteiger partial charge in [0.2, 0.25) is 16.8 Å². The highest BCUT2D eigenvalue weighted by Crippen LogP contribution is 2.34. The fourth-order valence-electron chi connectivity index (χ4n) is 2.34. The molecule has 0 saturated carbocycles. The Kier molecular flexibility index (Phi) is 4.52. The monoisotopic (exact) mass is 384 g/mol. The number of nitrogens with one attached hydrogen (secondary N) is 1. The molecule has 0 aliphatic carbocycles. The molecule has 3 rings (SSSR count). The van der Waals surface area contributed by atoms with E-state index in [1.807, 2.05) is 0 Å². The Morgan fingerprint density at radius 1 is 1.12 bits per heavy atom. The lowest BCUT2D eigenvalue weighted by Gasteiger charge is -2.12. The topological polar surface area (TPSA) is 88.4 Å². The minimum atomic E-state index is -4.84. The highest BCUT2D eigenvalue weighted by atomic mass is 32.2. The van der Waals surface area contributed by atoms with E-state index in [1.165, 1.54) is 6.07 Å². The molecule has 136 valence electrons. The summed E-state index contributed by atoms with van der Waals surface area (Å²) in [4.78, 5) is -0.579. The van der Waals surface area contributed by atoms with Crippen LogP contribution in [0.25, 0.3) is 0 Å². The van der Waals surface area contributed by atoms with Gasteiger partial charge in [0.25, 0.3) is 0 Å². The van der Waals surface area contributed by atoms with Crippen LogP contribution in [0.4, 0.5) is 13.2 Å². The van der Waals surface area contributed by atoms with Crippen LogP contribution in [0.3, 0.4) is 0 Å². The Morgan fingerprint density at radius 2 is 1.85 bits per heavy atom. The number of benzene rings is 2. The molecule has 1 aliphatic rings. The maximum atomic E-state index is 13.0. The van der Waals surface area contributed by atoms with Crippen molar-refractivity contribution < 1.29 is 31.1 Å². The lowest BCUT2D eigenvalue weighted by Crippen LogP contribution is -2.24. The molecule has 0 aromatic heterocycles. The van der Waals surface area contributed by atoms with Crippen molar-refractivity contribution in [3.05, 3.63) is 53.1 Å². The van der Waals surface area contributed by atoms with Crippen LogP contribution in [-0.2, 0) is 22.7 Å². The molecule has 0 saturated heterocycles. The number of halogens is 3. The van der Waals surface area contributed by atoms with Gasteiger partial charge in [-0.1, -0.05) is 6.07 Å². The molecule has 0 spiro atoms. The van der Waals surface area contributed by atoms with Crippen LogP contribution in [-0.4, -0.2) is 15.2 Å². The first-order valence-corrected chi connectivity index (χ1v) is 8.68. The molecule has 2 aromatic rings. The Balaban J connectivity index is 1.83. The molecular weight excluding hydrogens is 373 g/mol. The Labute approximate surface area is 146 Å². The highest BCUT2D eigenvalue weighted by Gasteiger charge is 2.35. The van der Waals surface area contributed by atoms with E-state index in [1.54, 1.807) is 18.2 Å². The Hall–Kier alpha value is -2.77. The molecule has 10 heteroatoms. The third kappa shape index (κ3) is 3.58. The first-order chi connectivity index (χ1) is 12.2. The number of hydrogen-bond donors (Lipinski definition) is 1. The second-order valence-corrected chi connectivity index (χ2v) is 7.10. The summed E-state index contributed by atoms with van der Waals surface area (Å²) < 4.78 is 76.1. The minimum absolute atomic E-state index is 0.0655. The molecular formula is C16H11F3N2O4S. The quantitative estimate of drug-likeness (QED) is 0.876. The highest BCUT2D eigenvalue weighted by molar-refractivity contribution is 7.89. The number of hydrogen-bond acceptors (Lipinski definition) is 5. The molecule has 6 nitrogen and oxygen atoms in total. The molecule has 0 bridgehead atoms. The summed E-state index contributed by atoms with van der Waals surface area (Å²) in [5.41, 5.74) is -1.40. The predicted molar refractivity (Wildman–Crippen MR) is 82.7 cm³/mol. The number of nitriles is 1. The Morgan fingerprint density at radius 3 is 2.54 bits per heavy atom. The fourth-order valence-corrected chi connectivity index (χ4v) is 3.38. The van der Waals surface area contributed by atoms with Crippen LogP contribution in [0, 0.1) is 11.3 Å². The largest absolute Gasteiger partial charge is 0.454 e. The summed E-state index contributed by atoms with van der Waals surface area (Å²) in [6.45, 7) is -0.0870. The average molecular weight is 384 g/mol. The molecule has 0 atom stereocenters. The van der Waals surface area contributed by atoms with Gasteiger partial charge in [-0.25, -0.2) is 13.1 Å². The van der Waals surface area contributed by atoms with Crippen molar-refractivity contribution in [2.75, 3.05) is 6.79 Å². The Bertz CT molecular complexity index is 998. The van der Waals surface area contributed by atoms with Crippen molar-refractivity contribution in [2.24, 2.45) is 0 Å². The van der Waals surface area contributed by atoms with Gasteiger partial charge in [-0.2, -0.15) is 18.4 Å². The SMILES string of the molecule is N#Cc1ccc(S(=O)(=O)NCc2ccc3c(c2)OCO3)cc1C(F)(F)F. The smallest absolute Gasteiger partial charge is 0.417 e. The van der Waals surface area contributed by atoms with E-state index in [0.717, 1.165) is 12.1 Å². The molecule has 0 fully saturated rings. The standard InChI is InChI=1S/C16H11F3N2O4S/c17-16(18,19)13-6-12(3-2-11(13)7-20)26(22,23)21-8-10-1-4-14-15(5-10)25-9-24-14/h1-6,21H,8-9H2. The normalized spacial score (nSPS) is 13.5. The molecule has 0 amide bonds. The third-order valence-corrected chi connectivity index (χ3v) is 5.03. The molecule has 26 heavy (non-hydrogen) atoms. The van der Waals surface area contributed by atoms with Crippen LogP contribution in [0.2, 0.25) is 0 Å². The number of alkyl halides is 3. The first-order valence-electron chi connectivity index (χ1n) is 7.20. The molecule has 0 radical (unpaired) electrons. The predicted octanol–water partition coefficient (Wildman–Crippen LogP) is 2.78. The average Bonchev–Trinajstić information content (AvgIpc) is 3.06. The lowest BCUT2D eigenvalue weighted by atomic mass is 10.1. The minimum Gasteiger partial charge on any atom is -0.454 e. The number of fused-ring (bicyclic) bond motifs is 1. The van der Waals surface area contributed by atoms with Crippen LogP contribution in [0.15, 0.2) is 41.3 Å². The fraction of sp³-hybridized carbons (Fsp3) is 0.188. The number of sulfonamides is 1. The van der Waals surface area contributed by atoms with Crippen molar-refractivity contribution in [1.82, 2.24) is 4.72 Å². The van der Waals surface area contributed by atoms with Crippen LogP contribution >= 0.6 is 0 Å². The van der Waals surface area contributed by atoms with E-state index in [0.29, 0.717) is 23.1 Å². The van der Waals surface area contributed by atoms with Gasteiger partial charge in [-0.05, 0) is 35.9 Å². The third-order valence-electron chi connectivity index (χ3n) is 3.63. The van der Waals surface area contributed by atoms with Gasteiger partial charge < -0.3 is 9.47 Å². The molecule has 1 heterocycles. The zero-order valence-corrected chi connectivity index (χ0v) is 13.8. The van der Waals surface area contributed by atoms with Gasteiger partial charge in [0.15, 0.2) is 11.5 Å². The van der Waals surface area contributed by atoms with E-state index in [2.05, 4.69) is 4.72 Å². The van der Waals surface area contributed by atoms with Crippen molar-refractivity contribution in [3.63, 3.8) is 0 Å². The summed E-state index contributed by atoms with van der Waals surface area (Å²) in [7, 11) is -4.21. The van der Waals surface area contributed by atoms with Crippen molar-refractivity contribution in [2.45, 2.75) is 17.6 Å². The van der Waals surface area contributed by atoms with E-state index < -0.39 is 32.2 Å². The summed E-state index contributed by atoms with van der Waals surface area (Å²) in [5.74, 6) is 0.984. The van der Waals surface area contributed by atoms with Crippen LogP contribution < -0.4 is 14.2 Å². The van der Waals surface area contributed by atoms with Crippen LogP contribution in [0.1, 0.15) is 16.7 Å². The number of nitrogens with zero attached hydrogens (tertiary/aromatic N) is 1. The summed E-state index contributed by atoms with van der Waals surface area (Å²) in [5, 5.41) is 8.77. The van der Waals surface area contributed by atoms with Crippen molar-refractivity contribution in [3.8, 4) is 17.6 Å². The maximum absolute atomic E-state index is 13.0. The second kappa shape index (κ2) is 6.51. The van der Waals surface area contributed by atoms with Gasteiger partial charge in [0, 0.05) is 6.54 Å². The van der Waals surface area contributed by atoms with Gasteiger partial charge >= 0.3 is 6.18 Å². The van der Waals surface area contributed by atoms with Gasteiger partial charge in [-0.3, -0.25) is 0 Å². The molecule has 1 N–H and O–H groups in total. The number of rotatable bonds is 4. The molecule has 2 aromatic carbocycles. The van der Waals surface area contributed by atoms with Crippen LogP contribution in [0.5, 0.6) is 11.5 Å². The second-order valence-electron chi connectivity index (χ2n) is 5.33. The van der Waals surface area contributed by atoms with E-state index in [9.17, 15) is 21.6 Å². The molecule has 1 aliphatic heterocycles. The van der Waals surface area contributed by atoms with E-state index in [4.69, 9.17) is 14.7 Å². The summed E-state index contributed by atoms with van der Waals surface area (Å²) in [6.07, 6.45) is -4.84. The van der Waals surface area contributed by atoms with E-state index in [-0.39, 0.29) is 13.3 Å². The molecule has 0 unspecified atom stereocenters. The zero-order chi connectivity index (χ0) is 18.9. The van der Waals surface area contributed by atoms with Gasteiger partial charge in [0.05, 0.1) is 22.1 Å². The summed E-state index contributed by atoms with van der Waals surface area (Å²) >= 11 is 0. The first kappa shape index (κ1) is 18.0. The number of ether oxygens (including phenoxy) is 2.